The Morgan fingerprint density at radius 2 is 1.87 bits per heavy atom. The summed E-state index contributed by atoms with van der Waals surface area (Å²) < 4.78 is 18.8. The first-order valence-electron chi connectivity index (χ1n) is 7.32. The summed E-state index contributed by atoms with van der Waals surface area (Å²) >= 11 is 5.85. The largest absolute Gasteiger partial charge is 0.494 e. The molecule has 0 radical (unpaired) electrons. The minimum absolute atomic E-state index is 0.0948. The third kappa shape index (κ3) is 4.23. The highest BCUT2D eigenvalue weighted by molar-refractivity contribution is 6.30. The third-order valence-electron chi connectivity index (χ3n) is 3.47. The highest BCUT2D eigenvalue weighted by Gasteiger charge is 2.20. The van der Waals surface area contributed by atoms with E-state index in [0.29, 0.717) is 10.7 Å². The van der Waals surface area contributed by atoms with Gasteiger partial charge in [0.05, 0.1) is 13.5 Å². The van der Waals surface area contributed by atoms with Crippen LogP contribution in [0.1, 0.15) is 19.4 Å². The van der Waals surface area contributed by atoms with Gasteiger partial charge in [-0.3, -0.25) is 4.79 Å². The molecule has 23 heavy (non-hydrogen) atoms. The molecule has 0 bridgehead atoms. The van der Waals surface area contributed by atoms with Crippen molar-refractivity contribution in [1.29, 1.82) is 0 Å². The van der Waals surface area contributed by atoms with Gasteiger partial charge < -0.3 is 9.64 Å². The first-order chi connectivity index (χ1) is 10.9. The van der Waals surface area contributed by atoms with Crippen LogP contribution in [0.2, 0.25) is 5.02 Å². The molecule has 0 aromatic heterocycles. The number of hydrogen-bond acceptors (Lipinski definition) is 2. The zero-order valence-corrected chi connectivity index (χ0v) is 14.1. The molecule has 0 fully saturated rings. The Morgan fingerprint density at radius 1 is 1.22 bits per heavy atom. The third-order valence-corrected chi connectivity index (χ3v) is 3.72. The van der Waals surface area contributed by atoms with Crippen LogP contribution in [-0.2, 0) is 11.2 Å². The normalized spacial score (nSPS) is 10.7. The van der Waals surface area contributed by atoms with Crippen molar-refractivity contribution in [3.63, 3.8) is 0 Å². The first kappa shape index (κ1) is 17.3. The maximum Gasteiger partial charge on any atom is 0.231 e. The molecular weight excluding hydrogens is 317 g/mol. The van der Waals surface area contributed by atoms with E-state index in [4.69, 9.17) is 16.3 Å². The van der Waals surface area contributed by atoms with Crippen molar-refractivity contribution in [2.75, 3.05) is 12.0 Å². The molecule has 1 amide bonds. The Labute approximate surface area is 140 Å². The van der Waals surface area contributed by atoms with Gasteiger partial charge in [-0.05, 0) is 43.7 Å². The average Bonchev–Trinajstić information content (AvgIpc) is 2.49. The Hall–Kier alpha value is -2.07. The Morgan fingerprint density at radius 3 is 2.39 bits per heavy atom. The fraction of sp³-hybridized carbons (Fsp3) is 0.278. The summed E-state index contributed by atoms with van der Waals surface area (Å²) in [6.07, 6.45) is 0.225. The number of anilines is 1. The maximum atomic E-state index is 13.9. The lowest BCUT2D eigenvalue weighted by molar-refractivity contribution is -0.118. The SMILES string of the molecule is COc1ccc(N(C(=O)Cc2ccc(Cl)cc2)C(C)C)cc1F. The van der Waals surface area contributed by atoms with Crippen LogP contribution in [0.15, 0.2) is 42.5 Å². The van der Waals surface area contributed by atoms with E-state index in [1.165, 1.54) is 19.2 Å². The van der Waals surface area contributed by atoms with Crippen molar-refractivity contribution in [2.45, 2.75) is 26.3 Å². The number of rotatable bonds is 5. The van der Waals surface area contributed by atoms with Crippen molar-refractivity contribution in [1.82, 2.24) is 0 Å². The number of halogens is 2. The molecule has 0 atom stereocenters. The van der Waals surface area contributed by atoms with Crippen LogP contribution < -0.4 is 9.64 Å². The first-order valence-corrected chi connectivity index (χ1v) is 7.70. The summed E-state index contributed by atoms with van der Waals surface area (Å²) in [6, 6.07) is 11.5. The van der Waals surface area contributed by atoms with E-state index in [9.17, 15) is 9.18 Å². The number of methoxy groups -OCH3 is 1. The number of nitrogens with zero attached hydrogens (tertiary/aromatic N) is 1. The number of carbonyl (C=O) groups excluding carboxylic acids is 1. The van der Waals surface area contributed by atoms with E-state index in [1.54, 1.807) is 23.1 Å². The Balaban J connectivity index is 2.25. The van der Waals surface area contributed by atoms with Crippen LogP contribution in [0.25, 0.3) is 0 Å². The minimum Gasteiger partial charge on any atom is -0.494 e. The molecule has 0 aliphatic heterocycles. The summed E-state index contributed by atoms with van der Waals surface area (Å²) in [6.45, 7) is 3.78. The average molecular weight is 336 g/mol. The van der Waals surface area contributed by atoms with Crippen molar-refractivity contribution < 1.29 is 13.9 Å². The number of ether oxygens (including phenoxy) is 1. The van der Waals surface area contributed by atoms with Crippen LogP contribution in [0.3, 0.4) is 0 Å². The summed E-state index contributed by atoms with van der Waals surface area (Å²) in [5.74, 6) is -0.440. The van der Waals surface area contributed by atoms with Gasteiger partial charge in [0.1, 0.15) is 0 Å². The van der Waals surface area contributed by atoms with Gasteiger partial charge >= 0.3 is 0 Å². The fourth-order valence-electron chi connectivity index (χ4n) is 2.40. The topological polar surface area (TPSA) is 29.5 Å². The molecule has 0 N–H and O–H groups in total. The van der Waals surface area contributed by atoms with Gasteiger partial charge in [-0.15, -0.1) is 0 Å². The van der Waals surface area contributed by atoms with E-state index in [-0.39, 0.29) is 24.1 Å². The highest BCUT2D eigenvalue weighted by Crippen LogP contribution is 2.25. The van der Waals surface area contributed by atoms with Crippen LogP contribution >= 0.6 is 11.6 Å². The van der Waals surface area contributed by atoms with E-state index >= 15 is 0 Å². The lowest BCUT2D eigenvalue weighted by atomic mass is 10.1. The zero-order valence-electron chi connectivity index (χ0n) is 13.3. The van der Waals surface area contributed by atoms with Crippen LogP contribution in [0.4, 0.5) is 10.1 Å². The molecule has 2 rings (SSSR count). The summed E-state index contributed by atoms with van der Waals surface area (Å²) in [4.78, 5) is 14.2. The number of benzene rings is 2. The van der Waals surface area contributed by atoms with Crippen LogP contribution in [0.5, 0.6) is 5.75 Å². The lowest BCUT2D eigenvalue weighted by Gasteiger charge is -2.27. The van der Waals surface area contributed by atoms with Gasteiger partial charge in [0, 0.05) is 22.8 Å². The van der Waals surface area contributed by atoms with E-state index < -0.39 is 5.82 Å². The predicted octanol–water partition coefficient (Wildman–Crippen LogP) is 4.47. The van der Waals surface area contributed by atoms with Gasteiger partial charge in [0.15, 0.2) is 11.6 Å². The minimum atomic E-state index is -0.491. The highest BCUT2D eigenvalue weighted by atomic mass is 35.5. The summed E-state index contributed by atoms with van der Waals surface area (Å²) in [5.41, 5.74) is 1.37. The molecule has 2 aromatic carbocycles. The van der Waals surface area contributed by atoms with Gasteiger partial charge in [-0.1, -0.05) is 23.7 Å². The molecule has 0 unspecified atom stereocenters. The number of amides is 1. The molecule has 0 aliphatic rings. The van der Waals surface area contributed by atoms with Crippen LogP contribution in [-0.4, -0.2) is 19.1 Å². The molecule has 122 valence electrons. The van der Waals surface area contributed by atoms with Gasteiger partial charge in [0.2, 0.25) is 5.91 Å². The number of carbonyl (C=O) groups is 1. The lowest BCUT2D eigenvalue weighted by Crippen LogP contribution is -2.38. The second-order valence-corrected chi connectivity index (χ2v) is 5.92. The molecule has 0 spiro atoms. The second kappa shape index (κ2) is 7.47. The molecule has 0 saturated heterocycles. The van der Waals surface area contributed by atoms with Gasteiger partial charge in [-0.25, -0.2) is 4.39 Å². The second-order valence-electron chi connectivity index (χ2n) is 5.48. The van der Waals surface area contributed by atoms with Crippen molar-refractivity contribution in [3.8, 4) is 5.75 Å². The standard InChI is InChI=1S/C18H19ClFNO2/c1-12(2)21(15-8-9-17(23-3)16(20)11-15)18(22)10-13-4-6-14(19)7-5-13/h4-9,11-12H,10H2,1-3H3. The molecule has 0 heterocycles. The molecule has 3 nitrogen and oxygen atoms in total. The fourth-order valence-corrected chi connectivity index (χ4v) is 2.52. The smallest absolute Gasteiger partial charge is 0.231 e. The van der Waals surface area contributed by atoms with E-state index in [0.717, 1.165) is 5.56 Å². The van der Waals surface area contributed by atoms with Gasteiger partial charge in [-0.2, -0.15) is 0 Å². The Bertz CT molecular complexity index is 686. The molecule has 5 heteroatoms. The van der Waals surface area contributed by atoms with Crippen molar-refractivity contribution >= 4 is 23.2 Å². The molecular formula is C18H19ClFNO2. The van der Waals surface area contributed by atoms with Crippen molar-refractivity contribution in [2.24, 2.45) is 0 Å². The zero-order chi connectivity index (χ0) is 17.0. The van der Waals surface area contributed by atoms with E-state index in [1.807, 2.05) is 26.0 Å². The number of hydrogen-bond donors (Lipinski definition) is 0. The van der Waals surface area contributed by atoms with Gasteiger partial charge in [0.25, 0.3) is 0 Å². The predicted molar refractivity (Wildman–Crippen MR) is 90.7 cm³/mol. The molecule has 0 saturated carbocycles. The Kier molecular flexibility index (Phi) is 5.61. The molecule has 0 aliphatic carbocycles. The van der Waals surface area contributed by atoms with Crippen molar-refractivity contribution in [3.05, 3.63) is 58.9 Å². The maximum absolute atomic E-state index is 13.9. The summed E-state index contributed by atoms with van der Waals surface area (Å²) in [7, 11) is 1.41. The monoisotopic (exact) mass is 335 g/mol. The molecule has 2 aromatic rings. The van der Waals surface area contributed by atoms with Crippen LogP contribution in [0, 0.1) is 5.82 Å². The van der Waals surface area contributed by atoms with E-state index in [2.05, 4.69) is 0 Å². The quantitative estimate of drug-likeness (QED) is 0.806. The summed E-state index contributed by atoms with van der Waals surface area (Å²) in [5, 5.41) is 0.624.